The maximum Gasteiger partial charge on any atom is 0.416 e. The number of carbonyl (C=O) groups excluding carboxylic acids is 2. The molecule has 1 unspecified atom stereocenters. The molecule has 4 aromatic rings. The predicted octanol–water partition coefficient (Wildman–Crippen LogP) is 9.66. The summed E-state index contributed by atoms with van der Waals surface area (Å²) in [6, 6.07) is 24.3. The van der Waals surface area contributed by atoms with E-state index in [-0.39, 0.29) is 24.3 Å². The maximum absolute atomic E-state index is 13.3. The molecule has 0 radical (unpaired) electrons. The summed E-state index contributed by atoms with van der Waals surface area (Å²) in [5.41, 5.74) is -0.758. The highest BCUT2D eigenvalue weighted by Gasteiger charge is 2.33. The van der Waals surface area contributed by atoms with Gasteiger partial charge in [0.05, 0.1) is 11.1 Å². The molecule has 0 aromatic heterocycles. The Labute approximate surface area is 282 Å². The summed E-state index contributed by atoms with van der Waals surface area (Å²) < 4.78 is 95.1. The van der Waals surface area contributed by atoms with Gasteiger partial charge in [0.1, 0.15) is 11.5 Å². The van der Waals surface area contributed by atoms with Gasteiger partial charge in [0.15, 0.2) is 12.2 Å². The summed E-state index contributed by atoms with van der Waals surface area (Å²) in [7, 11) is 0. The van der Waals surface area contributed by atoms with Crippen LogP contribution in [0.25, 0.3) is 0 Å². The van der Waals surface area contributed by atoms with Crippen LogP contribution in [0.15, 0.2) is 113 Å². The summed E-state index contributed by atoms with van der Waals surface area (Å²) in [5, 5.41) is 0. The molecule has 0 spiro atoms. The van der Waals surface area contributed by atoms with Gasteiger partial charge in [-0.3, -0.25) is 0 Å². The second kappa shape index (κ2) is 16.8. The minimum Gasteiger partial charge on any atom is -0.479 e. The summed E-state index contributed by atoms with van der Waals surface area (Å²) >= 11 is 2.79. The van der Waals surface area contributed by atoms with Crippen molar-refractivity contribution in [1.82, 2.24) is 0 Å². The van der Waals surface area contributed by atoms with E-state index in [0.717, 1.165) is 63.9 Å². The van der Waals surface area contributed by atoms with Crippen molar-refractivity contribution < 1.29 is 50.1 Å². The fourth-order valence-electron chi connectivity index (χ4n) is 4.17. The van der Waals surface area contributed by atoms with Crippen molar-refractivity contribution in [1.29, 1.82) is 0 Å². The molecule has 0 aliphatic heterocycles. The molecule has 48 heavy (non-hydrogen) atoms. The largest absolute Gasteiger partial charge is 0.479 e. The Bertz CT molecular complexity index is 1610. The Morgan fingerprint density at radius 2 is 0.979 bits per heavy atom. The van der Waals surface area contributed by atoms with E-state index in [2.05, 4.69) is 0 Å². The number of carbonyl (C=O) groups is 2. The minimum atomic E-state index is -4.57. The maximum atomic E-state index is 13.3. The van der Waals surface area contributed by atoms with Crippen LogP contribution in [-0.4, -0.2) is 35.7 Å². The Balaban J connectivity index is 1.49. The van der Waals surface area contributed by atoms with E-state index < -0.39 is 47.6 Å². The number of hydrogen-bond donors (Lipinski definition) is 0. The summed E-state index contributed by atoms with van der Waals surface area (Å²) in [6.45, 7) is 1.93. The Hall–Kier alpha value is -4.10. The van der Waals surface area contributed by atoms with Gasteiger partial charge in [-0.05, 0) is 79.7 Å². The van der Waals surface area contributed by atoms with Crippen LogP contribution in [-0.2, 0) is 26.7 Å². The molecule has 13 heteroatoms. The van der Waals surface area contributed by atoms with Crippen molar-refractivity contribution in [3.63, 3.8) is 0 Å². The topological polar surface area (TPSA) is 61.8 Å². The predicted molar refractivity (Wildman–Crippen MR) is 171 cm³/mol. The highest BCUT2D eigenvalue weighted by atomic mass is 32.2. The van der Waals surface area contributed by atoms with E-state index in [0.29, 0.717) is 11.5 Å². The quantitative estimate of drug-likeness (QED) is 0.0560. The monoisotopic (exact) mass is 708 g/mol. The lowest BCUT2D eigenvalue weighted by Crippen LogP contribution is -2.37. The lowest BCUT2D eigenvalue weighted by Gasteiger charge is -2.21. The highest BCUT2D eigenvalue weighted by Crippen LogP contribution is 2.32. The van der Waals surface area contributed by atoms with Crippen molar-refractivity contribution in [2.75, 3.05) is 11.5 Å². The molecule has 0 N–H and O–H groups in total. The number of esters is 2. The van der Waals surface area contributed by atoms with Crippen LogP contribution in [0, 0.1) is 6.92 Å². The second-order valence-electron chi connectivity index (χ2n) is 10.4. The third-order valence-electron chi connectivity index (χ3n) is 6.71. The van der Waals surface area contributed by atoms with Gasteiger partial charge in [-0.2, -0.15) is 26.3 Å². The molecule has 254 valence electrons. The first-order chi connectivity index (χ1) is 22.8. The number of rotatable bonds is 14. The van der Waals surface area contributed by atoms with Crippen LogP contribution in [0.1, 0.15) is 29.5 Å². The molecule has 5 nitrogen and oxygen atoms in total. The number of ether oxygens (including phenoxy) is 3. The number of thioether (sulfide) groups is 2. The van der Waals surface area contributed by atoms with Crippen molar-refractivity contribution in [2.45, 2.75) is 54.1 Å². The van der Waals surface area contributed by atoms with Crippen LogP contribution in [0.5, 0.6) is 11.5 Å². The van der Waals surface area contributed by atoms with Crippen LogP contribution >= 0.6 is 23.5 Å². The molecule has 4 rings (SSSR count). The van der Waals surface area contributed by atoms with Crippen molar-refractivity contribution >= 4 is 35.5 Å². The molecule has 0 amide bonds. The first-order valence-corrected chi connectivity index (χ1v) is 16.6. The molecular formula is C35H30F6O5S2. The van der Waals surface area contributed by atoms with Gasteiger partial charge in [-0.1, -0.05) is 35.9 Å². The second-order valence-corrected chi connectivity index (χ2v) is 12.7. The summed E-state index contributed by atoms with van der Waals surface area (Å²) in [6.07, 6.45) is -11.9. The molecule has 0 heterocycles. The van der Waals surface area contributed by atoms with Gasteiger partial charge in [-0.25, -0.2) is 9.59 Å². The number of hydrogen-bond acceptors (Lipinski definition) is 7. The highest BCUT2D eigenvalue weighted by molar-refractivity contribution is 7.99. The van der Waals surface area contributed by atoms with Crippen molar-refractivity contribution in [3.05, 3.63) is 120 Å². The summed E-state index contributed by atoms with van der Waals surface area (Å²) in [4.78, 5) is 28.5. The number of alkyl halides is 6. The van der Waals surface area contributed by atoms with Gasteiger partial charge in [0, 0.05) is 34.1 Å². The van der Waals surface area contributed by atoms with Crippen molar-refractivity contribution in [2.24, 2.45) is 0 Å². The van der Waals surface area contributed by atoms with Gasteiger partial charge in [0.25, 0.3) is 0 Å². The van der Waals surface area contributed by atoms with Crippen LogP contribution < -0.4 is 9.47 Å². The third-order valence-corrected chi connectivity index (χ3v) is 8.80. The molecule has 0 aliphatic carbocycles. The van der Waals surface area contributed by atoms with Gasteiger partial charge in [0.2, 0.25) is 0 Å². The lowest BCUT2D eigenvalue weighted by molar-refractivity contribution is -0.169. The van der Waals surface area contributed by atoms with Crippen LogP contribution in [0.4, 0.5) is 26.3 Å². The van der Waals surface area contributed by atoms with E-state index in [1.54, 1.807) is 0 Å². The molecule has 0 saturated carbocycles. The van der Waals surface area contributed by atoms with Crippen molar-refractivity contribution in [3.8, 4) is 11.5 Å². The fraction of sp³-hybridized carbons (Fsp3) is 0.257. The smallest absolute Gasteiger partial charge is 0.416 e. The Morgan fingerprint density at radius 1 is 0.583 bits per heavy atom. The van der Waals surface area contributed by atoms with Crippen LogP contribution in [0.3, 0.4) is 0 Å². The normalized spacial score (nSPS) is 13.0. The molecule has 0 fully saturated rings. The number of aryl methyl sites for hydroxylation is 1. The average molecular weight is 709 g/mol. The van der Waals surface area contributed by atoms with Crippen LogP contribution in [0.2, 0.25) is 0 Å². The average Bonchev–Trinajstić information content (AvgIpc) is 3.05. The van der Waals surface area contributed by atoms with E-state index in [1.165, 1.54) is 23.5 Å². The van der Waals surface area contributed by atoms with E-state index in [1.807, 2.05) is 61.5 Å². The third kappa shape index (κ3) is 11.6. The molecular weight excluding hydrogens is 679 g/mol. The van der Waals surface area contributed by atoms with Gasteiger partial charge >= 0.3 is 24.3 Å². The molecule has 4 aromatic carbocycles. The zero-order chi connectivity index (χ0) is 34.7. The van der Waals surface area contributed by atoms with E-state index in [4.69, 9.17) is 14.2 Å². The lowest BCUT2D eigenvalue weighted by atomic mass is 10.2. The summed E-state index contributed by atoms with van der Waals surface area (Å²) in [5.74, 6) is -1.63. The number of halogens is 6. The molecule has 0 aliphatic rings. The fourth-order valence-corrected chi connectivity index (χ4v) is 5.99. The standard InChI is InChI=1S/C35H30F6O5S2/c1-23-7-17-29(18-8-23)48-22-20-31(45-27-15-11-25(12-16-27)35(39,40)41)33(43)46-32(42)30(19-21-47-28-5-3-2-4-6-28)44-26-13-9-24(10-14-26)34(36,37)38/h2-18,30-31H,19-22H2,1H3/t30?,31-/m0/s1. The molecule has 0 saturated heterocycles. The first-order valence-electron chi connectivity index (χ1n) is 14.6. The SMILES string of the molecule is Cc1ccc(SCC[C@H](Oc2ccc(C(F)(F)F)cc2)C(=O)OC(=O)C(CCSc2ccccc2)Oc2ccc(C(F)(F)F)cc2)cc1. The zero-order valence-electron chi connectivity index (χ0n) is 25.4. The molecule has 0 bridgehead atoms. The van der Waals surface area contributed by atoms with Gasteiger partial charge in [-0.15, -0.1) is 23.5 Å². The Morgan fingerprint density at radius 3 is 1.38 bits per heavy atom. The first kappa shape index (κ1) is 36.7. The molecule has 2 atom stereocenters. The van der Waals surface area contributed by atoms with Gasteiger partial charge < -0.3 is 14.2 Å². The zero-order valence-corrected chi connectivity index (χ0v) is 27.1. The minimum absolute atomic E-state index is 0.0277. The Kier molecular flexibility index (Phi) is 12.9. The number of benzene rings is 4. The van der Waals surface area contributed by atoms with E-state index in [9.17, 15) is 35.9 Å². The van der Waals surface area contributed by atoms with E-state index >= 15 is 0 Å².